The van der Waals surface area contributed by atoms with E-state index in [1.807, 2.05) is 0 Å². The molecule has 0 atom stereocenters. The maximum Gasteiger partial charge on any atom is 0.344 e. The third-order valence-electron chi connectivity index (χ3n) is 3.42. The average Bonchev–Trinajstić information content (AvgIpc) is 2.89. The molecule has 9 heteroatoms. The number of carbonyl (C=O) groups excluding carboxylic acids is 2. The lowest BCUT2D eigenvalue weighted by atomic mass is 10.2. The number of halogens is 1. The van der Waals surface area contributed by atoms with Crippen molar-refractivity contribution in [1.82, 2.24) is 4.90 Å². The molecule has 26 heavy (non-hydrogen) atoms. The number of hydrogen-bond acceptors (Lipinski definition) is 7. The summed E-state index contributed by atoms with van der Waals surface area (Å²) in [5.41, 5.74) is 0.743. The summed E-state index contributed by atoms with van der Waals surface area (Å²) in [6, 6.07) is 3.42. The lowest BCUT2D eigenvalue weighted by Gasteiger charge is -2.12. The second kappa shape index (κ2) is 9.09. The Hall–Kier alpha value is -2.00. The van der Waals surface area contributed by atoms with Gasteiger partial charge in [0.1, 0.15) is 0 Å². The fourth-order valence-corrected chi connectivity index (χ4v) is 3.52. The van der Waals surface area contributed by atoms with E-state index in [-0.39, 0.29) is 12.5 Å². The third-order valence-corrected chi connectivity index (χ3v) is 5.25. The van der Waals surface area contributed by atoms with Gasteiger partial charge in [0.25, 0.3) is 5.91 Å². The second-order valence-corrected chi connectivity index (χ2v) is 6.96. The lowest BCUT2D eigenvalue weighted by Crippen LogP contribution is -2.23. The Morgan fingerprint density at radius 3 is 2.69 bits per heavy atom. The van der Waals surface area contributed by atoms with E-state index in [1.165, 1.54) is 23.8 Å². The zero-order chi connectivity index (χ0) is 19.3. The van der Waals surface area contributed by atoms with E-state index in [0.717, 1.165) is 5.56 Å². The van der Waals surface area contributed by atoms with Crippen molar-refractivity contribution in [3.8, 4) is 11.5 Å². The molecule has 1 aliphatic heterocycles. The van der Waals surface area contributed by atoms with Gasteiger partial charge < -0.3 is 14.2 Å². The maximum absolute atomic E-state index is 12.3. The van der Waals surface area contributed by atoms with Crippen molar-refractivity contribution in [3.05, 3.63) is 27.1 Å². The molecule has 2 rings (SSSR count). The topological polar surface area (TPSA) is 77.4 Å². The first kappa shape index (κ1) is 20.3. The Morgan fingerprint density at radius 1 is 1.38 bits per heavy atom. The monoisotopic (exact) mass is 442 g/mol. The van der Waals surface area contributed by atoms with E-state index in [1.54, 1.807) is 39.2 Å². The largest absolute Gasteiger partial charge is 0.493 e. The molecule has 0 bridgehead atoms. The van der Waals surface area contributed by atoms with Gasteiger partial charge in [-0.2, -0.15) is 0 Å². The van der Waals surface area contributed by atoms with Crippen molar-refractivity contribution in [2.24, 2.45) is 4.99 Å². The minimum absolute atomic E-state index is 0.121. The van der Waals surface area contributed by atoms with Gasteiger partial charge in [-0.3, -0.25) is 14.7 Å². The summed E-state index contributed by atoms with van der Waals surface area (Å²) in [6.45, 7) is 1.80. The first-order valence-electron chi connectivity index (χ1n) is 7.71. The number of hydrogen-bond donors (Lipinski definition) is 0. The summed E-state index contributed by atoms with van der Waals surface area (Å²) in [4.78, 5) is 29.9. The van der Waals surface area contributed by atoms with Crippen LogP contribution >= 0.6 is 27.7 Å². The molecule has 0 aromatic heterocycles. The summed E-state index contributed by atoms with van der Waals surface area (Å²) in [6.07, 6.45) is 1.75. The molecule has 0 unspecified atom stereocenters. The number of benzene rings is 1. The van der Waals surface area contributed by atoms with Gasteiger partial charge in [0.2, 0.25) is 0 Å². The molecule has 1 saturated heterocycles. The molecule has 0 spiro atoms. The predicted molar refractivity (Wildman–Crippen MR) is 105 cm³/mol. The van der Waals surface area contributed by atoms with Crippen LogP contribution in [0.4, 0.5) is 0 Å². The number of nitrogens with zero attached hydrogens (tertiary/aromatic N) is 2. The number of methoxy groups -OCH3 is 1. The summed E-state index contributed by atoms with van der Waals surface area (Å²) >= 11 is 4.76. The Labute approximate surface area is 164 Å². The SMILES string of the molecule is CCOC(=O)COc1cc(Br)c(/C=C2/SC(=NC)N(C)C2=O)cc1OC. The van der Waals surface area contributed by atoms with E-state index in [2.05, 4.69) is 20.9 Å². The number of ether oxygens (including phenoxy) is 3. The number of rotatable bonds is 6. The quantitative estimate of drug-likeness (QED) is 0.497. The number of amides is 1. The van der Waals surface area contributed by atoms with Crippen molar-refractivity contribution >= 4 is 50.8 Å². The van der Waals surface area contributed by atoms with Crippen LogP contribution < -0.4 is 9.47 Å². The predicted octanol–water partition coefficient (Wildman–Crippen LogP) is 2.93. The first-order valence-corrected chi connectivity index (χ1v) is 9.32. The normalized spacial score (nSPS) is 17.1. The molecule has 1 fully saturated rings. The van der Waals surface area contributed by atoms with Crippen LogP contribution in [0.3, 0.4) is 0 Å². The molecule has 1 amide bonds. The molecule has 0 aliphatic carbocycles. The van der Waals surface area contributed by atoms with Crippen LogP contribution in [0.25, 0.3) is 6.08 Å². The number of esters is 1. The molecule has 1 aliphatic rings. The molecule has 0 saturated carbocycles. The third kappa shape index (κ3) is 4.59. The molecular formula is C17H19BrN2O5S. The van der Waals surface area contributed by atoms with Crippen LogP contribution in [0.1, 0.15) is 12.5 Å². The Bertz CT molecular complexity index is 779. The van der Waals surface area contributed by atoms with Crippen LogP contribution in [0.15, 0.2) is 26.5 Å². The van der Waals surface area contributed by atoms with Gasteiger partial charge in [0.05, 0.1) is 18.6 Å². The number of aliphatic imine (C=N–C) groups is 1. The van der Waals surface area contributed by atoms with Crippen LogP contribution in [0, 0.1) is 0 Å². The van der Waals surface area contributed by atoms with Gasteiger partial charge in [-0.25, -0.2) is 4.79 Å². The fraction of sp³-hybridized carbons (Fsp3) is 0.353. The van der Waals surface area contributed by atoms with Crippen LogP contribution in [0.5, 0.6) is 11.5 Å². The molecule has 1 aromatic rings. The van der Waals surface area contributed by atoms with E-state index in [9.17, 15) is 9.59 Å². The van der Waals surface area contributed by atoms with Crippen LogP contribution in [-0.4, -0.2) is 56.4 Å². The highest BCUT2D eigenvalue weighted by molar-refractivity contribution is 9.10. The maximum atomic E-state index is 12.3. The number of carbonyl (C=O) groups is 2. The zero-order valence-electron chi connectivity index (χ0n) is 14.9. The van der Waals surface area contributed by atoms with Gasteiger partial charge in [0.15, 0.2) is 23.3 Å². The van der Waals surface area contributed by atoms with Gasteiger partial charge >= 0.3 is 5.97 Å². The molecule has 1 heterocycles. The van der Waals surface area contributed by atoms with E-state index < -0.39 is 5.97 Å². The van der Waals surface area contributed by atoms with Crippen molar-refractivity contribution in [2.45, 2.75) is 6.92 Å². The summed E-state index contributed by atoms with van der Waals surface area (Å²) < 4.78 is 16.3. The van der Waals surface area contributed by atoms with E-state index in [0.29, 0.717) is 32.7 Å². The van der Waals surface area contributed by atoms with E-state index in [4.69, 9.17) is 14.2 Å². The molecule has 140 valence electrons. The Balaban J connectivity index is 2.27. The van der Waals surface area contributed by atoms with Crippen molar-refractivity contribution in [3.63, 3.8) is 0 Å². The number of amidine groups is 1. The van der Waals surface area contributed by atoms with Crippen LogP contribution in [0.2, 0.25) is 0 Å². The van der Waals surface area contributed by atoms with Gasteiger partial charge in [0, 0.05) is 18.6 Å². The zero-order valence-corrected chi connectivity index (χ0v) is 17.3. The van der Waals surface area contributed by atoms with Crippen molar-refractivity contribution in [2.75, 3.05) is 34.4 Å². The lowest BCUT2D eigenvalue weighted by molar-refractivity contribution is -0.145. The number of likely N-dealkylation sites (N-methyl/N-ethyl adjacent to an activating group) is 1. The summed E-state index contributed by atoms with van der Waals surface area (Å²) in [5.74, 6) is 0.258. The second-order valence-electron chi connectivity index (χ2n) is 5.10. The Morgan fingerprint density at radius 2 is 2.12 bits per heavy atom. The van der Waals surface area contributed by atoms with Gasteiger partial charge in [-0.05, 0) is 42.5 Å². The summed E-state index contributed by atoms with van der Waals surface area (Å²) in [5, 5.41) is 0.638. The smallest absolute Gasteiger partial charge is 0.344 e. The molecule has 1 aromatic carbocycles. The number of thioether (sulfide) groups is 1. The van der Waals surface area contributed by atoms with Gasteiger partial charge in [-0.15, -0.1) is 0 Å². The minimum atomic E-state index is -0.459. The van der Waals surface area contributed by atoms with Crippen molar-refractivity contribution in [1.29, 1.82) is 0 Å². The minimum Gasteiger partial charge on any atom is -0.493 e. The van der Waals surface area contributed by atoms with Crippen LogP contribution in [-0.2, 0) is 14.3 Å². The standard InChI is InChI=1S/C17H19BrN2O5S/c1-5-24-15(21)9-25-13-8-11(18)10(6-12(13)23-4)7-14-16(22)20(3)17(19-2)26-14/h6-8H,5,9H2,1-4H3/b14-7+,19-17?. The van der Waals surface area contributed by atoms with Gasteiger partial charge in [-0.1, -0.05) is 15.9 Å². The highest BCUT2D eigenvalue weighted by Crippen LogP contribution is 2.37. The Kier molecular flexibility index (Phi) is 7.10. The fourth-order valence-electron chi connectivity index (χ4n) is 2.16. The first-order chi connectivity index (χ1) is 12.4. The highest BCUT2D eigenvalue weighted by atomic mass is 79.9. The highest BCUT2D eigenvalue weighted by Gasteiger charge is 2.30. The summed E-state index contributed by atoms with van der Waals surface area (Å²) in [7, 11) is 4.83. The average molecular weight is 443 g/mol. The molecule has 0 radical (unpaired) electrons. The molecule has 0 N–H and O–H groups in total. The van der Waals surface area contributed by atoms with Crippen molar-refractivity contribution < 1.29 is 23.8 Å². The molecule has 7 nitrogen and oxygen atoms in total. The molecular weight excluding hydrogens is 424 g/mol. The van der Waals surface area contributed by atoms with E-state index >= 15 is 0 Å².